The number of aromatic nitrogens is 3. The number of hydrogen-bond acceptors (Lipinski definition) is 7. The first-order valence-corrected chi connectivity index (χ1v) is 13.9. The Kier molecular flexibility index (Phi) is 9.11. The average molecular weight is 515 g/mol. The number of rotatable bonds is 6. The van der Waals surface area contributed by atoms with Crippen LogP contribution in [0.1, 0.15) is 75.6 Å². The Morgan fingerprint density at radius 3 is 1.91 bits per heavy atom. The maximum atomic E-state index is 10.6. The predicted molar refractivity (Wildman–Crippen MR) is 142 cm³/mol. The van der Waals surface area contributed by atoms with Gasteiger partial charge in [0.05, 0.1) is 11.2 Å². The van der Waals surface area contributed by atoms with E-state index in [1.807, 2.05) is 35.7 Å². The zero-order chi connectivity index (χ0) is 24.6. The zero-order valence-electron chi connectivity index (χ0n) is 20.1. The van der Waals surface area contributed by atoms with Gasteiger partial charge in [0.25, 0.3) is 0 Å². The van der Waals surface area contributed by atoms with Crippen molar-refractivity contribution in [3.05, 3.63) is 64.5 Å². The van der Waals surface area contributed by atoms with Gasteiger partial charge in [-0.15, -0.1) is 11.3 Å². The van der Waals surface area contributed by atoms with Crippen LogP contribution in [0.3, 0.4) is 0 Å². The monoisotopic (exact) mass is 514 g/mol. The second-order valence-electron chi connectivity index (χ2n) is 9.85. The van der Waals surface area contributed by atoms with Crippen LogP contribution in [0.4, 0.5) is 10.9 Å². The van der Waals surface area contributed by atoms with E-state index in [-0.39, 0.29) is 0 Å². The number of thiazole rings is 1. The SMILES string of the molecule is OC1(Cc2cccc(Cl)n2)CCCCC1.OC1(Cc2cccc(Nc3nccs3)n2)CCCCC1. The lowest BCUT2D eigenvalue weighted by atomic mass is 9.81. The summed E-state index contributed by atoms with van der Waals surface area (Å²) in [5, 5.41) is 27.4. The van der Waals surface area contributed by atoms with Crippen molar-refractivity contribution in [2.24, 2.45) is 0 Å². The zero-order valence-corrected chi connectivity index (χ0v) is 21.7. The van der Waals surface area contributed by atoms with Crippen molar-refractivity contribution in [3.8, 4) is 0 Å². The minimum Gasteiger partial charge on any atom is -0.389 e. The van der Waals surface area contributed by atoms with Crippen molar-refractivity contribution in [2.75, 3.05) is 5.32 Å². The summed E-state index contributed by atoms with van der Waals surface area (Å²) in [5.74, 6) is 0.789. The van der Waals surface area contributed by atoms with Gasteiger partial charge in [-0.2, -0.15) is 0 Å². The second kappa shape index (κ2) is 12.3. The molecule has 0 amide bonds. The van der Waals surface area contributed by atoms with Gasteiger partial charge in [-0.05, 0) is 49.9 Å². The molecule has 0 radical (unpaired) electrons. The Hall–Kier alpha value is -2.06. The summed E-state index contributed by atoms with van der Waals surface area (Å²) in [5.41, 5.74) is 0.726. The number of hydrogen-bond donors (Lipinski definition) is 3. The molecule has 35 heavy (non-hydrogen) atoms. The van der Waals surface area contributed by atoms with Gasteiger partial charge in [0.2, 0.25) is 0 Å². The molecular formula is C27H35ClN4O2S. The molecule has 0 spiro atoms. The second-order valence-corrected chi connectivity index (χ2v) is 11.1. The third kappa shape index (κ3) is 8.24. The fourth-order valence-electron chi connectivity index (χ4n) is 5.04. The maximum absolute atomic E-state index is 10.6. The molecule has 5 rings (SSSR count). The number of nitrogens with one attached hydrogen (secondary N) is 1. The van der Waals surface area contributed by atoms with Crippen LogP contribution in [0.5, 0.6) is 0 Å². The van der Waals surface area contributed by atoms with Crippen molar-refractivity contribution in [1.29, 1.82) is 0 Å². The van der Waals surface area contributed by atoms with E-state index < -0.39 is 11.2 Å². The minimum atomic E-state index is -0.564. The first-order valence-electron chi connectivity index (χ1n) is 12.6. The first-order chi connectivity index (χ1) is 16.9. The van der Waals surface area contributed by atoms with E-state index in [9.17, 15) is 10.2 Å². The molecule has 0 aliphatic heterocycles. The van der Waals surface area contributed by atoms with Crippen molar-refractivity contribution >= 4 is 33.9 Å². The fraction of sp³-hybridized carbons (Fsp3) is 0.519. The predicted octanol–water partition coefficient (Wildman–Crippen LogP) is 6.49. The summed E-state index contributed by atoms with van der Waals surface area (Å²) >= 11 is 7.36. The molecule has 8 heteroatoms. The molecule has 2 fully saturated rings. The Balaban J connectivity index is 0.000000172. The van der Waals surface area contributed by atoms with Gasteiger partial charge in [-0.3, -0.25) is 0 Å². The molecule has 3 aromatic rings. The van der Waals surface area contributed by atoms with Crippen molar-refractivity contribution in [2.45, 2.75) is 88.3 Å². The maximum Gasteiger partial charge on any atom is 0.188 e. The highest BCUT2D eigenvalue weighted by Crippen LogP contribution is 2.32. The molecule has 2 saturated carbocycles. The summed E-state index contributed by atoms with van der Waals surface area (Å²) in [4.78, 5) is 13.0. The van der Waals surface area contributed by atoms with Gasteiger partial charge < -0.3 is 15.5 Å². The first kappa shape index (κ1) is 26.0. The van der Waals surface area contributed by atoms with Crippen LogP contribution in [0.25, 0.3) is 0 Å². The highest BCUT2D eigenvalue weighted by Gasteiger charge is 2.30. The van der Waals surface area contributed by atoms with E-state index >= 15 is 0 Å². The van der Waals surface area contributed by atoms with Gasteiger partial charge in [-0.25, -0.2) is 15.0 Å². The molecule has 3 aromatic heterocycles. The highest BCUT2D eigenvalue weighted by atomic mass is 35.5. The lowest BCUT2D eigenvalue weighted by Gasteiger charge is -2.31. The molecule has 2 aliphatic carbocycles. The molecule has 0 bridgehead atoms. The number of pyridine rings is 2. The molecule has 3 N–H and O–H groups in total. The normalized spacial score (nSPS) is 18.8. The standard InChI is InChI=1S/C15H19N3OS.C12H16ClNO/c19-15(7-2-1-3-8-15)11-12-5-4-6-13(17-12)18-14-16-9-10-20-14;13-11-6-4-5-10(14-11)9-12(15)7-2-1-3-8-12/h4-6,9-10,19H,1-3,7-8,11H2,(H,16,17,18);4-6,15H,1-3,7-9H2. The summed E-state index contributed by atoms with van der Waals surface area (Å²) in [7, 11) is 0. The summed E-state index contributed by atoms with van der Waals surface area (Å²) in [6.45, 7) is 0. The van der Waals surface area contributed by atoms with Crippen molar-refractivity contribution in [3.63, 3.8) is 0 Å². The van der Waals surface area contributed by atoms with Gasteiger partial charge in [-0.1, -0.05) is 62.3 Å². The lowest BCUT2D eigenvalue weighted by Crippen LogP contribution is -2.34. The molecule has 2 aliphatic rings. The van der Waals surface area contributed by atoms with Crippen LogP contribution in [-0.4, -0.2) is 36.4 Å². The molecule has 0 saturated heterocycles. The third-order valence-electron chi connectivity index (χ3n) is 6.84. The van der Waals surface area contributed by atoms with E-state index in [1.165, 1.54) is 12.8 Å². The Morgan fingerprint density at radius 2 is 1.37 bits per heavy atom. The van der Waals surface area contributed by atoms with E-state index in [0.717, 1.165) is 73.7 Å². The third-order valence-corrected chi connectivity index (χ3v) is 7.73. The van der Waals surface area contributed by atoms with E-state index in [2.05, 4.69) is 20.3 Å². The summed E-state index contributed by atoms with van der Waals surface area (Å²) in [6.07, 6.45) is 13.6. The molecule has 188 valence electrons. The molecule has 3 heterocycles. The topological polar surface area (TPSA) is 91.2 Å². The van der Waals surface area contributed by atoms with Gasteiger partial charge in [0, 0.05) is 35.8 Å². The number of halogens is 1. The van der Waals surface area contributed by atoms with Gasteiger partial charge in [0.1, 0.15) is 11.0 Å². The van der Waals surface area contributed by atoms with E-state index in [1.54, 1.807) is 23.6 Å². The number of nitrogens with zero attached hydrogens (tertiary/aromatic N) is 3. The van der Waals surface area contributed by atoms with E-state index in [0.29, 0.717) is 18.0 Å². The smallest absolute Gasteiger partial charge is 0.188 e. The van der Waals surface area contributed by atoms with Crippen LogP contribution in [0.15, 0.2) is 48.0 Å². The summed E-state index contributed by atoms with van der Waals surface area (Å²) < 4.78 is 0. The van der Waals surface area contributed by atoms with E-state index in [4.69, 9.17) is 11.6 Å². The number of anilines is 2. The fourth-order valence-corrected chi connectivity index (χ4v) is 5.76. The van der Waals surface area contributed by atoms with Crippen LogP contribution in [0.2, 0.25) is 5.15 Å². The Labute approximate surface area is 216 Å². The van der Waals surface area contributed by atoms with Crippen LogP contribution < -0.4 is 5.32 Å². The van der Waals surface area contributed by atoms with Crippen molar-refractivity contribution < 1.29 is 10.2 Å². The van der Waals surface area contributed by atoms with Crippen LogP contribution in [0, 0.1) is 0 Å². The molecule has 6 nitrogen and oxygen atoms in total. The molecule has 0 unspecified atom stereocenters. The van der Waals surface area contributed by atoms with Crippen LogP contribution >= 0.6 is 22.9 Å². The quantitative estimate of drug-likeness (QED) is 0.325. The van der Waals surface area contributed by atoms with Gasteiger partial charge in [0.15, 0.2) is 5.13 Å². The molecule has 0 atom stereocenters. The average Bonchev–Trinajstić information content (AvgIpc) is 3.33. The Morgan fingerprint density at radius 1 is 0.800 bits per heavy atom. The van der Waals surface area contributed by atoms with Crippen LogP contribution in [-0.2, 0) is 12.8 Å². The largest absolute Gasteiger partial charge is 0.389 e. The number of aliphatic hydroxyl groups is 2. The highest BCUT2D eigenvalue weighted by molar-refractivity contribution is 7.13. The Bertz CT molecular complexity index is 1050. The molecule has 0 aromatic carbocycles. The van der Waals surface area contributed by atoms with Gasteiger partial charge >= 0.3 is 0 Å². The van der Waals surface area contributed by atoms with Crippen molar-refractivity contribution in [1.82, 2.24) is 15.0 Å². The minimum absolute atomic E-state index is 0.506. The lowest BCUT2D eigenvalue weighted by molar-refractivity contribution is 0.00322. The molecular weight excluding hydrogens is 480 g/mol. The summed E-state index contributed by atoms with van der Waals surface area (Å²) in [6, 6.07) is 11.5.